The molecule has 0 bridgehead atoms. The van der Waals surface area contributed by atoms with Crippen molar-refractivity contribution in [2.75, 3.05) is 26.9 Å². The Hall–Kier alpha value is -0.160. The van der Waals surface area contributed by atoms with Crippen LogP contribution < -0.4 is 5.32 Å². The van der Waals surface area contributed by atoms with Crippen LogP contribution in [0, 0.1) is 5.41 Å². The summed E-state index contributed by atoms with van der Waals surface area (Å²) in [7, 11) is 1.57. The summed E-state index contributed by atoms with van der Waals surface area (Å²) < 4.78 is 4.84. The second-order valence-corrected chi connectivity index (χ2v) is 4.95. The molecule has 2 atom stereocenters. The van der Waals surface area contributed by atoms with Crippen molar-refractivity contribution in [1.82, 2.24) is 5.32 Å². The molecule has 0 rings (SSSR count). The topological polar surface area (TPSA) is 61.7 Å². The molecule has 0 fully saturated rings. The molecule has 0 aromatic carbocycles. The van der Waals surface area contributed by atoms with Crippen LogP contribution in [0.5, 0.6) is 0 Å². The molecule has 0 aliphatic rings. The molecular formula is C11H25NO3. The number of nitrogens with one attached hydrogen (secondary N) is 1. The molecule has 15 heavy (non-hydrogen) atoms. The molecule has 0 radical (unpaired) electrons. The van der Waals surface area contributed by atoms with E-state index in [4.69, 9.17) is 9.84 Å². The van der Waals surface area contributed by atoms with Crippen molar-refractivity contribution in [3.05, 3.63) is 0 Å². The van der Waals surface area contributed by atoms with E-state index < -0.39 is 6.10 Å². The van der Waals surface area contributed by atoms with Crippen molar-refractivity contribution in [3.63, 3.8) is 0 Å². The summed E-state index contributed by atoms with van der Waals surface area (Å²) in [6, 6.07) is 0.203. The molecule has 0 aliphatic heterocycles. The van der Waals surface area contributed by atoms with Crippen LogP contribution in [-0.4, -0.2) is 49.2 Å². The summed E-state index contributed by atoms with van der Waals surface area (Å²) >= 11 is 0. The van der Waals surface area contributed by atoms with Gasteiger partial charge in [0, 0.05) is 26.3 Å². The van der Waals surface area contributed by atoms with E-state index in [1.54, 1.807) is 7.11 Å². The lowest BCUT2D eigenvalue weighted by Gasteiger charge is -2.32. The van der Waals surface area contributed by atoms with Gasteiger partial charge in [-0.25, -0.2) is 0 Å². The van der Waals surface area contributed by atoms with Gasteiger partial charge in [0.25, 0.3) is 0 Å². The SMILES string of the molecule is COCC(O)CNC(CCO)C(C)(C)C. The number of rotatable bonds is 7. The summed E-state index contributed by atoms with van der Waals surface area (Å²) in [5.74, 6) is 0. The molecule has 92 valence electrons. The van der Waals surface area contributed by atoms with E-state index in [0.717, 1.165) is 0 Å². The van der Waals surface area contributed by atoms with Crippen LogP contribution >= 0.6 is 0 Å². The van der Waals surface area contributed by atoms with Crippen molar-refractivity contribution in [2.45, 2.75) is 39.3 Å². The van der Waals surface area contributed by atoms with Gasteiger partial charge in [-0.15, -0.1) is 0 Å². The van der Waals surface area contributed by atoms with E-state index in [1.165, 1.54) is 0 Å². The molecular weight excluding hydrogens is 194 g/mol. The Kier molecular flexibility index (Phi) is 7.09. The maximum Gasteiger partial charge on any atom is 0.0897 e. The molecule has 0 spiro atoms. The molecule has 0 saturated heterocycles. The predicted octanol–water partition coefficient (Wildman–Crippen LogP) is 0.380. The van der Waals surface area contributed by atoms with Gasteiger partial charge in [-0.05, 0) is 11.8 Å². The Morgan fingerprint density at radius 3 is 2.33 bits per heavy atom. The van der Waals surface area contributed by atoms with Crippen LogP contribution in [-0.2, 0) is 4.74 Å². The van der Waals surface area contributed by atoms with E-state index >= 15 is 0 Å². The lowest BCUT2D eigenvalue weighted by Crippen LogP contribution is -2.45. The van der Waals surface area contributed by atoms with Gasteiger partial charge in [0.2, 0.25) is 0 Å². The highest BCUT2D eigenvalue weighted by molar-refractivity contribution is 4.81. The zero-order valence-corrected chi connectivity index (χ0v) is 10.3. The minimum absolute atomic E-state index is 0.0789. The third-order valence-corrected chi connectivity index (χ3v) is 2.42. The molecule has 0 aliphatic carbocycles. The minimum atomic E-state index is -0.487. The van der Waals surface area contributed by atoms with E-state index in [1.807, 2.05) is 0 Å². The first-order chi connectivity index (χ1) is 6.91. The fourth-order valence-electron chi connectivity index (χ4n) is 1.50. The van der Waals surface area contributed by atoms with Crippen LogP contribution in [0.25, 0.3) is 0 Å². The summed E-state index contributed by atoms with van der Waals surface area (Å²) in [4.78, 5) is 0. The van der Waals surface area contributed by atoms with Gasteiger partial charge in [-0.2, -0.15) is 0 Å². The zero-order chi connectivity index (χ0) is 11.9. The number of hydrogen-bond donors (Lipinski definition) is 3. The van der Waals surface area contributed by atoms with Crippen LogP contribution in [0.3, 0.4) is 0 Å². The number of methoxy groups -OCH3 is 1. The average molecular weight is 219 g/mol. The fourth-order valence-corrected chi connectivity index (χ4v) is 1.50. The zero-order valence-electron chi connectivity index (χ0n) is 10.3. The van der Waals surface area contributed by atoms with Gasteiger partial charge >= 0.3 is 0 Å². The third-order valence-electron chi connectivity index (χ3n) is 2.42. The number of ether oxygens (including phenoxy) is 1. The molecule has 0 aromatic rings. The highest BCUT2D eigenvalue weighted by Crippen LogP contribution is 2.21. The molecule has 0 heterocycles. The van der Waals surface area contributed by atoms with E-state index in [2.05, 4.69) is 26.1 Å². The van der Waals surface area contributed by atoms with Crippen molar-refractivity contribution in [3.8, 4) is 0 Å². The largest absolute Gasteiger partial charge is 0.396 e. The average Bonchev–Trinajstić information content (AvgIpc) is 2.10. The van der Waals surface area contributed by atoms with Gasteiger partial charge in [-0.3, -0.25) is 0 Å². The normalized spacial score (nSPS) is 16.4. The quantitative estimate of drug-likeness (QED) is 0.579. The Balaban J connectivity index is 3.96. The second-order valence-electron chi connectivity index (χ2n) is 4.95. The van der Waals surface area contributed by atoms with Crippen molar-refractivity contribution in [1.29, 1.82) is 0 Å². The standard InChI is InChI=1S/C11H25NO3/c1-11(2,3)10(5-6-13)12-7-9(14)8-15-4/h9-10,12-14H,5-8H2,1-4H3. The van der Waals surface area contributed by atoms with E-state index in [9.17, 15) is 5.11 Å². The van der Waals surface area contributed by atoms with Gasteiger partial charge in [0.1, 0.15) is 0 Å². The van der Waals surface area contributed by atoms with E-state index in [-0.39, 0.29) is 18.1 Å². The molecule has 4 nitrogen and oxygen atoms in total. The summed E-state index contributed by atoms with van der Waals surface area (Å²) in [6.07, 6.45) is 0.210. The molecule has 4 heteroatoms. The highest BCUT2D eigenvalue weighted by atomic mass is 16.5. The van der Waals surface area contributed by atoms with Gasteiger partial charge in [0.05, 0.1) is 12.7 Å². The van der Waals surface area contributed by atoms with Crippen molar-refractivity contribution >= 4 is 0 Å². The van der Waals surface area contributed by atoms with E-state index in [0.29, 0.717) is 19.6 Å². The summed E-state index contributed by atoms with van der Waals surface area (Å²) in [5.41, 5.74) is 0.0789. The van der Waals surface area contributed by atoms with Gasteiger partial charge in [0.15, 0.2) is 0 Å². The molecule has 0 amide bonds. The predicted molar refractivity (Wildman–Crippen MR) is 60.8 cm³/mol. The summed E-state index contributed by atoms with van der Waals surface area (Å²) in [6.45, 7) is 7.34. The molecule has 3 N–H and O–H groups in total. The van der Waals surface area contributed by atoms with Crippen LogP contribution in [0.2, 0.25) is 0 Å². The molecule has 0 aromatic heterocycles. The molecule has 0 saturated carbocycles. The number of aliphatic hydroxyl groups is 2. The lowest BCUT2D eigenvalue weighted by molar-refractivity contribution is 0.0576. The maximum absolute atomic E-state index is 9.48. The van der Waals surface area contributed by atoms with Gasteiger partial charge < -0.3 is 20.3 Å². The number of hydrogen-bond acceptors (Lipinski definition) is 4. The molecule has 2 unspecified atom stereocenters. The Morgan fingerprint density at radius 2 is 1.93 bits per heavy atom. The first-order valence-electron chi connectivity index (χ1n) is 5.43. The first kappa shape index (κ1) is 14.8. The first-order valence-corrected chi connectivity index (χ1v) is 5.43. The van der Waals surface area contributed by atoms with Crippen LogP contribution in [0.15, 0.2) is 0 Å². The van der Waals surface area contributed by atoms with Crippen LogP contribution in [0.4, 0.5) is 0 Å². The Labute approximate surface area is 92.6 Å². The number of aliphatic hydroxyl groups excluding tert-OH is 2. The Morgan fingerprint density at radius 1 is 1.33 bits per heavy atom. The minimum Gasteiger partial charge on any atom is -0.396 e. The van der Waals surface area contributed by atoms with Crippen molar-refractivity contribution in [2.24, 2.45) is 5.41 Å². The van der Waals surface area contributed by atoms with Gasteiger partial charge in [-0.1, -0.05) is 20.8 Å². The monoisotopic (exact) mass is 219 g/mol. The van der Waals surface area contributed by atoms with Crippen LogP contribution in [0.1, 0.15) is 27.2 Å². The Bertz CT molecular complexity index is 156. The lowest BCUT2D eigenvalue weighted by atomic mass is 9.85. The fraction of sp³-hybridized carbons (Fsp3) is 1.00. The smallest absolute Gasteiger partial charge is 0.0897 e. The third kappa shape index (κ3) is 6.84. The van der Waals surface area contributed by atoms with Crippen molar-refractivity contribution < 1.29 is 14.9 Å². The summed E-state index contributed by atoms with van der Waals surface area (Å²) in [5, 5.41) is 21.7. The second kappa shape index (κ2) is 7.17. The highest BCUT2D eigenvalue weighted by Gasteiger charge is 2.24. The maximum atomic E-state index is 9.48.